The van der Waals surface area contributed by atoms with E-state index in [0.29, 0.717) is 12.3 Å². The number of anilines is 1. The summed E-state index contributed by atoms with van der Waals surface area (Å²) in [5.74, 6) is -1.25. The second-order valence-corrected chi connectivity index (χ2v) is 8.04. The molecule has 154 valence electrons. The van der Waals surface area contributed by atoms with E-state index in [1.54, 1.807) is 38.1 Å². The third kappa shape index (κ3) is 3.75. The Balaban J connectivity index is 1.52. The first-order chi connectivity index (χ1) is 13.2. The van der Waals surface area contributed by atoms with Gasteiger partial charge in [-0.1, -0.05) is 0 Å². The van der Waals surface area contributed by atoms with E-state index >= 15 is 0 Å². The SMILES string of the molecule is CCOc1ccc(NC(=O)[C@@H]2O[C@H]3OC(C)(C)O[C@@H]3[C@H]3OC(C)(C)O[C@H]32)cc1. The van der Waals surface area contributed by atoms with Gasteiger partial charge in [0, 0.05) is 5.69 Å². The Hall–Kier alpha value is -1.71. The Morgan fingerprint density at radius 1 is 0.964 bits per heavy atom. The molecule has 28 heavy (non-hydrogen) atoms. The number of amides is 1. The highest BCUT2D eigenvalue weighted by molar-refractivity contribution is 5.94. The maximum Gasteiger partial charge on any atom is 0.256 e. The summed E-state index contributed by atoms with van der Waals surface area (Å²) in [4.78, 5) is 13.0. The third-order valence-electron chi connectivity index (χ3n) is 4.85. The zero-order valence-corrected chi connectivity index (χ0v) is 16.8. The van der Waals surface area contributed by atoms with Crippen LogP contribution in [0, 0.1) is 0 Å². The van der Waals surface area contributed by atoms with Crippen LogP contribution in [0.2, 0.25) is 0 Å². The molecule has 3 saturated heterocycles. The van der Waals surface area contributed by atoms with Gasteiger partial charge in [0.2, 0.25) is 0 Å². The van der Waals surface area contributed by atoms with Gasteiger partial charge in [0.15, 0.2) is 24.0 Å². The first-order valence-corrected chi connectivity index (χ1v) is 9.58. The first kappa shape index (κ1) is 19.6. The van der Waals surface area contributed by atoms with Gasteiger partial charge >= 0.3 is 0 Å². The molecule has 8 heteroatoms. The van der Waals surface area contributed by atoms with Crippen molar-refractivity contribution in [2.45, 2.75) is 76.9 Å². The minimum Gasteiger partial charge on any atom is -0.494 e. The fourth-order valence-corrected chi connectivity index (χ4v) is 3.84. The van der Waals surface area contributed by atoms with Crippen LogP contribution in [0.4, 0.5) is 5.69 Å². The molecule has 5 atom stereocenters. The van der Waals surface area contributed by atoms with Crippen LogP contribution in [-0.2, 0) is 28.5 Å². The number of carbonyl (C=O) groups is 1. The summed E-state index contributed by atoms with van der Waals surface area (Å²) in [5, 5.41) is 2.87. The van der Waals surface area contributed by atoms with Crippen LogP contribution in [0.1, 0.15) is 34.6 Å². The first-order valence-electron chi connectivity index (χ1n) is 9.58. The second kappa shape index (κ2) is 6.96. The molecule has 1 amide bonds. The Morgan fingerprint density at radius 2 is 1.57 bits per heavy atom. The molecule has 0 unspecified atom stereocenters. The van der Waals surface area contributed by atoms with Crippen molar-refractivity contribution in [1.29, 1.82) is 0 Å². The van der Waals surface area contributed by atoms with Gasteiger partial charge in [-0.2, -0.15) is 0 Å². The molecule has 3 aliphatic heterocycles. The molecule has 0 bridgehead atoms. The van der Waals surface area contributed by atoms with E-state index in [2.05, 4.69) is 5.32 Å². The number of fused-ring (bicyclic) bond motifs is 3. The monoisotopic (exact) mass is 393 g/mol. The predicted molar refractivity (Wildman–Crippen MR) is 98.8 cm³/mol. The molecular weight excluding hydrogens is 366 g/mol. The largest absolute Gasteiger partial charge is 0.494 e. The van der Waals surface area contributed by atoms with E-state index in [1.807, 2.05) is 20.8 Å². The summed E-state index contributed by atoms with van der Waals surface area (Å²) < 4.78 is 35.2. The lowest BCUT2D eigenvalue weighted by atomic mass is 9.98. The normalized spacial score (nSPS) is 35.1. The number of rotatable bonds is 4. The molecule has 0 aliphatic carbocycles. The highest BCUT2D eigenvalue weighted by Gasteiger charge is 2.62. The molecule has 0 radical (unpaired) electrons. The molecule has 0 spiro atoms. The van der Waals surface area contributed by atoms with Crippen molar-refractivity contribution in [2.24, 2.45) is 0 Å². The zero-order chi connectivity index (χ0) is 20.1. The molecule has 4 rings (SSSR count). The van der Waals surface area contributed by atoms with Gasteiger partial charge < -0.3 is 33.7 Å². The smallest absolute Gasteiger partial charge is 0.256 e. The van der Waals surface area contributed by atoms with Gasteiger partial charge in [0.05, 0.1) is 6.61 Å². The number of benzene rings is 1. The van der Waals surface area contributed by atoms with Gasteiger partial charge in [0.25, 0.3) is 5.91 Å². The minimum atomic E-state index is -0.892. The predicted octanol–water partition coefficient (Wildman–Crippen LogP) is 2.42. The quantitative estimate of drug-likeness (QED) is 0.841. The molecule has 3 fully saturated rings. The zero-order valence-electron chi connectivity index (χ0n) is 16.8. The number of hydrogen-bond donors (Lipinski definition) is 1. The molecule has 0 aromatic heterocycles. The Bertz CT molecular complexity index is 733. The van der Waals surface area contributed by atoms with Crippen molar-refractivity contribution >= 4 is 11.6 Å². The Morgan fingerprint density at radius 3 is 2.25 bits per heavy atom. The standard InChI is InChI=1S/C20H27NO7/c1-6-23-12-9-7-11(8-10-12)21-17(22)15-13-14(26-19(2,3)25-13)16-18(24-15)28-20(4,5)27-16/h7-10,13-16,18H,6H2,1-5H3,(H,21,22)/t13-,14+,15-,16-,18+/m1/s1. The van der Waals surface area contributed by atoms with E-state index in [-0.39, 0.29) is 5.91 Å². The van der Waals surface area contributed by atoms with Crippen molar-refractivity contribution in [2.75, 3.05) is 11.9 Å². The number of hydrogen-bond acceptors (Lipinski definition) is 7. The van der Waals surface area contributed by atoms with E-state index in [1.165, 1.54) is 0 Å². The summed E-state index contributed by atoms with van der Waals surface area (Å²) >= 11 is 0. The van der Waals surface area contributed by atoms with Crippen LogP contribution in [-0.4, -0.2) is 54.8 Å². The fraction of sp³-hybridized carbons (Fsp3) is 0.650. The highest BCUT2D eigenvalue weighted by Crippen LogP contribution is 2.44. The van der Waals surface area contributed by atoms with Crippen LogP contribution in [0.15, 0.2) is 24.3 Å². The van der Waals surface area contributed by atoms with Crippen LogP contribution in [0.3, 0.4) is 0 Å². The van der Waals surface area contributed by atoms with Gasteiger partial charge in [-0.15, -0.1) is 0 Å². The Labute approximate surface area is 164 Å². The van der Waals surface area contributed by atoms with Gasteiger partial charge in [0.1, 0.15) is 24.1 Å². The topological polar surface area (TPSA) is 84.5 Å². The lowest BCUT2D eigenvalue weighted by Crippen LogP contribution is -2.58. The maximum atomic E-state index is 13.0. The highest BCUT2D eigenvalue weighted by atomic mass is 16.9. The molecule has 8 nitrogen and oxygen atoms in total. The Kier molecular flexibility index (Phi) is 4.87. The molecule has 1 N–H and O–H groups in total. The summed E-state index contributed by atoms with van der Waals surface area (Å²) in [7, 11) is 0. The van der Waals surface area contributed by atoms with E-state index in [9.17, 15) is 4.79 Å². The molecule has 3 heterocycles. The summed E-state index contributed by atoms with van der Waals surface area (Å²) in [6.45, 7) is 9.73. The van der Waals surface area contributed by atoms with Crippen LogP contribution in [0.25, 0.3) is 0 Å². The third-order valence-corrected chi connectivity index (χ3v) is 4.85. The van der Waals surface area contributed by atoms with Crippen LogP contribution < -0.4 is 10.1 Å². The average molecular weight is 393 g/mol. The number of nitrogens with one attached hydrogen (secondary N) is 1. The van der Waals surface area contributed by atoms with E-state index in [0.717, 1.165) is 5.75 Å². The summed E-state index contributed by atoms with van der Waals surface area (Å²) in [6.07, 6.45) is -3.12. The fourth-order valence-electron chi connectivity index (χ4n) is 3.84. The van der Waals surface area contributed by atoms with Crippen molar-refractivity contribution in [3.8, 4) is 5.75 Å². The molecular formula is C20H27NO7. The number of ether oxygens (including phenoxy) is 6. The van der Waals surface area contributed by atoms with Gasteiger partial charge in [-0.05, 0) is 58.9 Å². The van der Waals surface area contributed by atoms with Crippen molar-refractivity contribution < 1.29 is 33.2 Å². The second-order valence-electron chi connectivity index (χ2n) is 8.04. The van der Waals surface area contributed by atoms with Crippen LogP contribution >= 0.6 is 0 Å². The van der Waals surface area contributed by atoms with Gasteiger partial charge in [-0.3, -0.25) is 4.79 Å². The van der Waals surface area contributed by atoms with Crippen molar-refractivity contribution in [3.63, 3.8) is 0 Å². The van der Waals surface area contributed by atoms with Gasteiger partial charge in [-0.25, -0.2) is 0 Å². The molecule has 0 saturated carbocycles. The molecule has 1 aromatic rings. The van der Waals surface area contributed by atoms with E-state index < -0.39 is 42.3 Å². The number of carbonyl (C=O) groups excluding carboxylic acids is 1. The molecule has 1 aromatic carbocycles. The lowest BCUT2D eigenvalue weighted by molar-refractivity contribution is -0.229. The average Bonchev–Trinajstić information content (AvgIpc) is 3.10. The van der Waals surface area contributed by atoms with Crippen molar-refractivity contribution in [3.05, 3.63) is 24.3 Å². The van der Waals surface area contributed by atoms with Crippen LogP contribution in [0.5, 0.6) is 5.75 Å². The maximum absolute atomic E-state index is 13.0. The van der Waals surface area contributed by atoms with Crippen molar-refractivity contribution in [1.82, 2.24) is 0 Å². The molecule has 3 aliphatic rings. The summed E-state index contributed by atoms with van der Waals surface area (Å²) in [5.41, 5.74) is 0.637. The summed E-state index contributed by atoms with van der Waals surface area (Å²) in [6, 6.07) is 7.16. The lowest BCUT2D eigenvalue weighted by Gasteiger charge is -2.36. The van der Waals surface area contributed by atoms with E-state index in [4.69, 9.17) is 28.4 Å². The minimum absolute atomic E-state index is 0.327.